The van der Waals surface area contributed by atoms with Gasteiger partial charge in [0.25, 0.3) is 10.0 Å². The molecule has 0 amide bonds. The minimum atomic E-state index is -3.52. The molecule has 1 N–H and O–H groups in total. The van der Waals surface area contributed by atoms with Crippen LogP contribution in [0.1, 0.15) is 5.56 Å². The summed E-state index contributed by atoms with van der Waals surface area (Å²) in [7, 11) is -1.93. The van der Waals surface area contributed by atoms with Crippen LogP contribution in [0.15, 0.2) is 65.2 Å². The molecule has 0 fully saturated rings. The lowest BCUT2D eigenvalue weighted by molar-refractivity contribution is 0.522. The van der Waals surface area contributed by atoms with Gasteiger partial charge in [0, 0.05) is 18.4 Å². The normalized spacial score (nSPS) is 13.9. The fourth-order valence-electron chi connectivity index (χ4n) is 2.31. The molecule has 0 aliphatic carbocycles. The zero-order chi connectivity index (χ0) is 14.9. The van der Waals surface area contributed by atoms with Crippen molar-refractivity contribution in [1.29, 1.82) is 0 Å². The molecule has 0 bridgehead atoms. The Bertz CT molecular complexity index is 783. The third kappa shape index (κ3) is 2.52. The largest absolute Gasteiger partial charge is 0.379 e. The molecule has 0 radical (unpaired) electrons. The highest BCUT2D eigenvalue weighted by Gasteiger charge is 2.24. The van der Waals surface area contributed by atoms with Gasteiger partial charge in [0.2, 0.25) is 0 Å². The molecule has 3 rings (SSSR count). The van der Waals surface area contributed by atoms with Crippen LogP contribution in [0.4, 0.5) is 5.69 Å². The van der Waals surface area contributed by atoms with Gasteiger partial charge >= 0.3 is 0 Å². The van der Waals surface area contributed by atoms with E-state index in [0.717, 1.165) is 16.9 Å². The molecule has 0 saturated carbocycles. The SMILES string of the molecule is CN(C1=Cc2ccccc2NC1)S(=O)(=O)c1ccccc1. The molecule has 0 atom stereocenters. The van der Waals surface area contributed by atoms with Gasteiger partial charge in [-0.2, -0.15) is 0 Å². The Morgan fingerprint density at radius 2 is 1.67 bits per heavy atom. The quantitative estimate of drug-likeness (QED) is 0.948. The number of rotatable bonds is 3. The average molecular weight is 300 g/mol. The summed E-state index contributed by atoms with van der Waals surface area (Å²) in [5.41, 5.74) is 2.73. The number of nitrogens with one attached hydrogen (secondary N) is 1. The van der Waals surface area contributed by atoms with Gasteiger partial charge < -0.3 is 5.32 Å². The van der Waals surface area contributed by atoms with Crippen LogP contribution in [-0.2, 0) is 10.0 Å². The van der Waals surface area contributed by atoms with E-state index in [1.165, 1.54) is 4.31 Å². The topological polar surface area (TPSA) is 49.4 Å². The Morgan fingerprint density at radius 1 is 1.00 bits per heavy atom. The zero-order valence-electron chi connectivity index (χ0n) is 11.7. The number of benzene rings is 2. The van der Waals surface area contributed by atoms with Crippen LogP contribution in [0.5, 0.6) is 0 Å². The van der Waals surface area contributed by atoms with Crippen LogP contribution < -0.4 is 5.32 Å². The molecule has 0 aromatic heterocycles. The van der Waals surface area contributed by atoms with E-state index in [0.29, 0.717) is 11.4 Å². The molecule has 2 aromatic carbocycles. The van der Waals surface area contributed by atoms with Crippen LogP contribution in [0.3, 0.4) is 0 Å². The van der Waals surface area contributed by atoms with Gasteiger partial charge in [-0.15, -0.1) is 0 Å². The van der Waals surface area contributed by atoms with Gasteiger partial charge in [0.15, 0.2) is 0 Å². The summed E-state index contributed by atoms with van der Waals surface area (Å²) < 4.78 is 26.5. The van der Waals surface area contributed by atoms with Gasteiger partial charge in [-0.3, -0.25) is 4.31 Å². The van der Waals surface area contributed by atoms with Crippen LogP contribution in [0.25, 0.3) is 6.08 Å². The number of hydrogen-bond acceptors (Lipinski definition) is 3. The van der Waals surface area contributed by atoms with E-state index in [4.69, 9.17) is 0 Å². The van der Waals surface area contributed by atoms with Gasteiger partial charge in [0.05, 0.1) is 11.4 Å². The van der Waals surface area contributed by atoms with Gasteiger partial charge in [-0.1, -0.05) is 36.4 Å². The molecule has 21 heavy (non-hydrogen) atoms. The molecule has 1 aliphatic rings. The summed E-state index contributed by atoms with van der Waals surface area (Å²) in [6, 6.07) is 16.3. The number of para-hydroxylation sites is 1. The Balaban J connectivity index is 1.97. The number of sulfonamides is 1. The number of anilines is 1. The van der Waals surface area contributed by atoms with Crippen molar-refractivity contribution in [3.8, 4) is 0 Å². The van der Waals surface area contributed by atoms with Gasteiger partial charge in [0.1, 0.15) is 0 Å². The van der Waals surface area contributed by atoms with E-state index in [1.54, 1.807) is 37.4 Å². The van der Waals surface area contributed by atoms with E-state index < -0.39 is 10.0 Å². The maximum absolute atomic E-state index is 12.6. The average Bonchev–Trinajstić information content (AvgIpc) is 2.54. The van der Waals surface area contributed by atoms with Crippen LogP contribution in [0.2, 0.25) is 0 Å². The number of likely N-dealkylation sites (N-methyl/N-ethyl adjacent to an activating group) is 1. The maximum atomic E-state index is 12.6. The molecule has 2 aromatic rings. The third-order valence-corrected chi connectivity index (χ3v) is 5.37. The highest BCUT2D eigenvalue weighted by Crippen LogP contribution is 2.27. The second-order valence-corrected chi connectivity index (χ2v) is 6.83. The van der Waals surface area contributed by atoms with Crippen molar-refractivity contribution in [3.63, 3.8) is 0 Å². The standard InChI is InChI=1S/C16H16N2O2S/c1-18(21(19,20)15-8-3-2-4-9-15)14-11-13-7-5-6-10-16(13)17-12-14/h2-11,17H,12H2,1H3. The first-order valence-corrected chi connectivity index (χ1v) is 8.10. The molecule has 0 saturated heterocycles. The van der Waals surface area contributed by atoms with E-state index in [9.17, 15) is 8.42 Å². The highest BCUT2D eigenvalue weighted by molar-refractivity contribution is 7.89. The van der Waals surface area contributed by atoms with Crippen LogP contribution in [0, 0.1) is 0 Å². The molecular weight excluding hydrogens is 284 g/mol. The third-order valence-electron chi connectivity index (χ3n) is 3.55. The summed E-state index contributed by atoms with van der Waals surface area (Å²) in [5, 5.41) is 3.24. The first-order valence-electron chi connectivity index (χ1n) is 6.66. The van der Waals surface area contributed by atoms with Crippen molar-refractivity contribution in [2.45, 2.75) is 4.90 Å². The number of hydrogen-bond donors (Lipinski definition) is 1. The van der Waals surface area contributed by atoms with Crippen molar-refractivity contribution in [3.05, 3.63) is 65.9 Å². The summed E-state index contributed by atoms with van der Waals surface area (Å²) in [4.78, 5) is 0.298. The minimum Gasteiger partial charge on any atom is -0.379 e. The number of nitrogens with zero attached hydrogens (tertiary/aromatic N) is 1. The first-order chi connectivity index (χ1) is 10.1. The summed E-state index contributed by atoms with van der Waals surface area (Å²) >= 11 is 0. The lowest BCUT2D eigenvalue weighted by atomic mass is 10.1. The van der Waals surface area contributed by atoms with Crippen LogP contribution in [-0.4, -0.2) is 26.3 Å². The zero-order valence-corrected chi connectivity index (χ0v) is 12.5. The monoisotopic (exact) mass is 300 g/mol. The fourth-order valence-corrected chi connectivity index (χ4v) is 3.55. The molecular formula is C16H16N2O2S. The summed E-state index contributed by atoms with van der Waals surface area (Å²) in [6.45, 7) is 0.486. The minimum absolute atomic E-state index is 0.298. The van der Waals surface area contributed by atoms with Crippen molar-refractivity contribution in [1.82, 2.24) is 4.31 Å². The molecule has 1 heterocycles. The van der Waals surface area contributed by atoms with Crippen molar-refractivity contribution in [2.75, 3.05) is 18.9 Å². The van der Waals surface area contributed by atoms with E-state index >= 15 is 0 Å². The van der Waals surface area contributed by atoms with Crippen LogP contribution >= 0.6 is 0 Å². The van der Waals surface area contributed by atoms with Crippen molar-refractivity contribution >= 4 is 21.8 Å². The fraction of sp³-hybridized carbons (Fsp3) is 0.125. The second kappa shape index (κ2) is 5.26. The predicted molar refractivity (Wildman–Crippen MR) is 84.3 cm³/mol. The van der Waals surface area contributed by atoms with Gasteiger partial charge in [-0.25, -0.2) is 8.42 Å². The maximum Gasteiger partial charge on any atom is 0.263 e. The van der Waals surface area contributed by atoms with E-state index in [-0.39, 0.29) is 0 Å². The molecule has 5 heteroatoms. The Labute approximate surface area is 124 Å². The Morgan fingerprint density at radius 3 is 2.43 bits per heavy atom. The Kier molecular flexibility index (Phi) is 3.43. The number of fused-ring (bicyclic) bond motifs is 1. The second-order valence-electron chi connectivity index (χ2n) is 4.86. The summed E-state index contributed by atoms with van der Waals surface area (Å²) in [5.74, 6) is 0. The molecule has 108 valence electrons. The lowest BCUT2D eigenvalue weighted by Gasteiger charge is -2.26. The molecule has 4 nitrogen and oxygen atoms in total. The Hall–Kier alpha value is -2.27. The molecule has 0 spiro atoms. The van der Waals surface area contributed by atoms with Crippen molar-refractivity contribution in [2.24, 2.45) is 0 Å². The van der Waals surface area contributed by atoms with E-state index in [1.807, 2.05) is 30.3 Å². The lowest BCUT2D eigenvalue weighted by Crippen LogP contribution is -2.31. The molecule has 0 unspecified atom stereocenters. The smallest absolute Gasteiger partial charge is 0.263 e. The summed E-state index contributed by atoms with van der Waals surface area (Å²) in [6.07, 6.45) is 1.91. The molecule has 1 aliphatic heterocycles. The van der Waals surface area contributed by atoms with Crippen molar-refractivity contribution < 1.29 is 8.42 Å². The van der Waals surface area contributed by atoms with Gasteiger partial charge in [-0.05, 0) is 29.8 Å². The van der Waals surface area contributed by atoms with E-state index in [2.05, 4.69) is 5.32 Å². The highest BCUT2D eigenvalue weighted by atomic mass is 32.2. The first kappa shape index (κ1) is 13.7. The predicted octanol–water partition coefficient (Wildman–Crippen LogP) is 2.77.